The second-order valence-electron chi connectivity index (χ2n) is 12.7. The molecule has 6 rings (SSSR count). The fourth-order valence-electron chi connectivity index (χ4n) is 8.32. The Kier molecular flexibility index (Phi) is 4.44. The first-order chi connectivity index (χ1) is 13.8. The molecule has 0 bridgehead atoms. The van der Waals surface area contributed by atoms with E-state index in [1.54, 1.807) is 0 Å². The van der Waals surface area contributed by atoms with Gasteiger partial charge >= 0.3 is 0 Å². The Morgan fingerprint density at radius 1 is 0.667 bits per heavy atom. The monoisotopic (exact) mass is 426 g/mol. The zero-order chi connectivity index (χ0) is 21.8. The van der Waals surface area contributed by atoms with Crippen molar-refractivity contribution >= 4 is 0 Å². The molecule has 2 saturated carbocycles. The summed E-state index contributed by atoms with van der Waals surface area (Å²) >= 11 is 0. The molecule has 2 spiro atoms. The van der Waals surface area contributed by atoms with Gasteiger partial charge in [-0.1, -0.05) is 27.7 Å². The van der Waals surface area contributed by atoms with Crippen LogP contribution in [0.25, 0.3) is 0 Å². The first kappa shape index (κ1) is 21.6. The van der Waals surface area contributed by atoms with Crippen molar-refractivity contribution in [1.82, 2.24) is 9.80 Å². The number of alkyl halides is 3. The lowest BCUT2D eigenvalue weighted by atomic mass is 9.79. The number of hydrogen-bond acceptors (Lipinski definition) is 2. The van der Waals surface area contributed by atoms with E-state index in [0.29, 0.717) is 23.9 Å². The zero-order valence-corrected chi connectivity index (χ0v) is 19.7. The van der Waals surface area contributed by atoms with E-state index >= 15 is 0 Å². The smallest absolute Gasteiger partial charge is 0.255 e. The van der Waals surface area contributed by atoms with Gasteiger partial charge in [0.1, 0.15) is 5.67 Å². The molecule has 2 aliphatic carbocycles. The molecule has 5 heteroatoms. The minimum atomic E-state index is -2.36. The Hall–Kier alpha value is -0.290. The van der Waals surface area contributed by atoms with Crippen LogP contribution in [0.2, 0.25) is 0 Å². The summed E-state index contributed by atoms with van der Waals surface area (Å²) in [4.78, 5) is 4.96. The molecule has 2 nitrogen and oxygen atoms in total. The lowest BCUT2D eigenvalue weighted by molar-refractivity contribution is 0.0651. The molecule has 4 saturated heterocycles. The number of halogens is 3. The summed E-state index contributed by atoms with van der Waals surface area (Å²) in [5, 5.41) is 0. The lowest BCUT2D eigenvalue weighted by Crippen LogP contribution is -2.42. The molecule has 0 N–H and O–H groups in total. The second kappa shape index (κ2) is 6.18. The van der Waals surface area contributed by atoms with Crippen LogP contribution in [0.3, 0.4) is 0 Å². The van der Waals surface area contributed by atoms with Crippen LogP contribution in [-0.4, -0.2) is 58.6 Å². The van der Waals surface area contributed by atoms with Crippen molar-refractivity contribution in [3.05, 3.63) is 0 Å². The van der Waals surface area contributed by atoms with Gasteiger partial charge in [-0.3, -0.25) is 9.80 Å². The molecule has 30 heavy (non-hydrogen) atoms. The normalized spacial score (nSPS) is 51.0. The molecule has 0 radical (unpaired) electrons. The second-order valence-corrected chi connectivity index (χ2v) is 12.7. The van der Waals surface area contributed by atoms with E-state index in [2.05, 4.69) is 37.5 Å². The van der Waals surface area contributed by atoms with E-state index in [1.165, 1.54) is 25.8 Å². The molecule has 0 aromatic heterocycles. The standard InChI is InChI=1S/C13H22FN.C12H19F2N/c1-10(2)13-5-4-6-15(13)9-12(8-13)7-11(12,3)14;1-9(2)11-4-3-5-15(11)8-10(6-11)7-12(10,13)14/h10H,4-9H2,1-3H3;9H,3-8H2,1-2H3/t11-,12-,13?;10-,11?/m11/s1. The molecule has 0 amide bonds. The van der Waals surface area contributed by atoms with Crippen molar-refractivity contribution in [3.8, 4) is 0 Å². The van der Waals surface area contributed by atoms with Crippen molar-refractivity contribution in [2.45, 2.75) is 109 Å². The number of rotatable bonds is 2. The number of hydrogen-bond donors (Lipinski definition) is 0. The van der Waals surface area contributed by atoms with E-state index in [1.807, 2.05) is 6.92 Å². The van der Waals surface area contributed by atoms with Crippen LogP contribution < -0.4 is 0 Å². The van der Waals surface area contributed by atoms with E-state index in [9.17, 15) is 13.2 Å². The van der Waals surface area contributed by atoms with Gasteiger partial charge in [-0.2, -0.15) is 0 Å². The van der Waals surface area contributed by atoms with Crippen molar-refractivity contribution < 1.29 is 13.2 Å². The predicted octanol–water partition coefficient (Wildman–Crippen LogP) is 5.91. The lowest BCUT2D eigenvalue weighted by Gasteiger charge is -2.36. The first-order valence-electron chi connectivity index (χ1n) is 12.4. The average Bonchev–Trinajstić information content (AvgIpc) is 3.07. The van der Waals surface area contributed by atoms with Crippen LogP contribution in [0.15, 0.2) is 0 Å². The molecule has 6 fully saturated rings. The summed E-state index contributed by atoms with van der Waals surface area (Å²) in [5.41, 5.74) is -0.988. The van der Waals surface area contributed by atoms with Gasteiger partial charge in [0.15, 0.2) is 0 Å². The van der Waals surface area contributed by atoms with Gasteiger partial charge in [-0.15, -0.1) is 0 Å². The molecular weight excluding hydrogens is 385 g/mol. The Morgan fingerprint density at radius 3 is 1.40 bits per heavy atom. The molecule has 4 heterocycles. The van der Waals surface area contributed by atoms with E-state index in [0.717, 1.165) is 38.8 Å². The van der Waals surface area contributed by atoms with Crippen LogP contribution in [0.5, 0.6) is 0 Å². The molecule has 0 aromatic rings. The Labute approximate surface area is 180 Å². The molecule has 5 atom stereocenters. The van der Waals surface area contributed by atoms with Crippen LogP contribution in [0, 0.1) is 22.7 Å². The van der Waals surface area contributed by atoms with Gasteiger partial charge in [0, 0.05) is 36.0 Å². The Balaban J connectivity index is 0.000000128. The Bertz CT molecular complexity index is 661. The van der Waals surface area contributed by atoms with Gasteiger partial charge in [0.25, 0.3) is 5.92 Å². The first-order valence-corrected chi connectivity index (χ1v) is 12.4. The summed E-state index contributed by atoms with van der Waals surface area (Å²) in [6.45, 7) is 14.7. The fourth-order valence-corrected chi connectivity index (χ4v) is 8.32. The van der Waals surface area contributed by atoms with Crippen molar-refractivity contribution in [2.24, 2.45) is 22.7 Å². The topological polar surface area (TPSA) is 6.48 Å². The van der Waals surface area contributed by atoms with Crippen molar-refractivity contribution in [1.29, 1.82) is 0 Å². The molecule has 0 aromatic carbocycles. The highest BCUT2D eigenvalue weighted by atomic mass is 19.3. The average molecular weight is 427 g/mol. The maximum Gasteiger partial charge on any atom is 0.255 e. The van der Waals surface area contributed by atoms with Crippen LogP contribution in [-0.2, 0) is 0 Å². The maximum atomic E-state index is 14.1. The van der Waals surface area contributed by atoms with Crippen LogP contribution >= 0.6 is 0 Å². The van der Waals surface area contributed by atoms with Crippen molar-refractivity contribution in [3.63, 3.8) is 0 Å². The molecule has 2 unspecified atom stereocenters. The Morgan fingerprint density at radius 2 is 1.07 bits per heavy atom. The zero-order valence-electron chi connectivity index (χ0n) is 19.7. The minimum Gasteiger partial charge on any atom is -0.297 e. The highest BCUT2D eigenvalue weighted by Gasteiger charge is 2.77. The minimum absolute atomic E-state index is 0.0394. The third-order valence-corrected chi connectivity index (χ3v) is 10.6. The highest BCUT2D eigenvalue weighted by Crippen LogP contribution is 2.71. The third-order valence-electron chi connectivity index (χ3n) is 10.6. The highest BCUT2D eigenvalue weighted by molar-refractivity contribution is 5.25. The molecular formula is C25H41F3N2. The number of fused-ring (bicyclic) bond motifs is 2. The quantitative estimate of drug-likeness (QED) is 0.542. The number of nitrogens with zero attached hydrogens (tertiary/aromatic N) is 2. The maximum absolute atomic E-state index is 14.1. The largest absolute Gasteiger partial charge is 0.297 e. The fraction of sp³-hybridized carbons (Fsp3) is 1.00. The van der Waals surface area contributed by atoms with E-state index in [4.69, 9.17) is 0 Å². The van der Waals surface area contributed by atoms with Gasteiger partial charge in [0.2, 0.25) is 0 Å². The van der Waals surface area contributed by atoms with Crippen LogP contribution in [0.1, 0.15) is 86.0 Å². The van der Waals surface area contributed by atoms with Crippen molar-refractivity contribution in [2.75, 3.05) is 26.2 Å². The van der Waals surface area contributed by atoms with Gasteiger partial charge in [-0.25, -0.2) is 13.2 Å². The predicted molar refractivity (Wildman–Crippen MR) is 115 cm³/mol. The van der Waals surface area contributed by atoms with Gasteiger partial charge < -0.3 is 0 Å². The van der Waals surface area contributed by atoms with Crippen LogP contribution in [0.4, 0.5) is 13.2 Å². The van der Waals surface area contributed by atoms with E-state index in [-0.39, 0.29) is 17.4 Å². The summed E-state index contributed by atoms with van der Waals surface area (Å²) in [7, 11) is 0. The summed E-state index contributed by atoms with van der Waals surface area (Å²) < 4.78 is 40.9. The summed E-state index contributed by atoms with van der Waals surface area (Å²) in [6, 6.07) is 0. The summed E-state index contributed by atoms with van der Waals surface area (Å²) in [6.07, 6.45) is 7.74. The van der Waals surface area contributed by atoms with Gasteiger partial charge in [-0.05, 0) is 76.8 Å². The van der Waals surface area contributed by atoms with E-state index < -0.39 is 17.0 Å². The molecule has 6 aliphatic rings. The third kappa shape index (κ3) is 2.69. The molecule has 4 aliphatic heterocycles. The SMILES string of the molecule is CC(C)C12CCCN1C[C@@]1(C2)CC1(F)F.CC(C)C12CCCN1C[C@]1(C2)C[C@@]1(C)F. The summed E-state index contributed by atoms with van der Waals surface area (Å²) in [5.74, 6) is -1.18. The van der Waals surface area contributed by atoms with Gasteiger partial charge in [0.05, 0.1) is 5.41 Å². The molecule has 172 valence electrons.